The highest BCUT2D eigenvalue weighted by atomic mass is 32.2. The van der Waals surface area contributed by atoms with Crippen LogP contribution in [0.3, 0.4) is 0 Å². The number of carboxylic acids is 1. The Morgan fingerprint density at radius 3 is 2.77 bits per heavy atom. The van der Waals surface area contributed by atoms with Crippen LogP contribution in [-0.4, -0.2) is 40.2 Å². The second kappa shape index (κ2) is 6.32. The molecule has 1 saturated carbocycles. The molecule has 22 heavy (non-hydrogen) atoms. The van der Waals surface area contributed by atoms with Crippen LogP contribution in [0.4, 0.5) is 0 Å². The largest absolute Gasteiger partial charge is 0.481 e. The topological polar surface area (TPSA) is 57.6 Å². The van der Waals surface area contributed by atoms with Crippen molar-refractivity contribution in [3.63, 3.8) is 0 Å². The van der Waals surface area contributed by atoms with Crippen LogP contribution in [0.15, 0.2) is 24.3 Å². The van der Waals surface area contributed by atoms with Crippen LogP contribution in [0.1, 0.15) is 36.1 Å². The standard InChI is InChI=1S/C17H21NO3S/c1-11(17(20)21)10-18(13-6-7-13)16(19)15-14-5-3-2-4-12(14)8-9-22-15/h2-5,11,13,15H,6-10H2,1H3,(H,20,21). The van der Waals surface area contributed by atoms with Gasteiger partial charge in [-0.3, -0.25) is 9.59 Å². The van der Waals surface area contributed by atoms with Crippen molar-refractivity contribution in [3.8, 4) is 0 Å². The molecule has 2 aliphatic rings. The minimum atomic E-state index is -0.838. The second-order valence-electron chi connectivity index (χ2n) is 6.16. The number of aryl methyl sites for hydroxylation is 1. The Labute approximate surface area is 134 Å². The molecule has 1 aliphatic carbocycles. The first kappa shape index (κ1) is 15.4. The lowest BCUT2D eigenvalue weighted by atomic mass is 10.0. The number of hydrogen-bond acceptors (Lipinski definition) is 3. The molecule has 0 bridgehead atoms. The van der Waals surface area contributed by atoms with E-state index in [0.717, 1.165) is 30.6 Å². The van der Waals surface area contributed by atoms with Gasteiger partial charge in [-0.05, 0) is 36.1 Å². The summed E-state index contributed by atoms with van der Waals surface area (Å²) >= 11 is 1.68. The zero-order chi connectivity index (χ0) is 15.7. The number of nitrogens with zero attached hydrogens (tertiary/aromatic N) is 1. The molecule has 118 valence electrons. The summed E-state index contributed by atoms with van der Waals surface area (Å²) in [7, 11) is 0. The number of thioether (sulfide) groups is 1. The maximum atomic E-state index is 13.0. The third kappa shape index (κ3) is 3.14. The fraction of sp³-hybridized carbons (Fsp3) is 0.529. The zero-order valence-corrected chi connectivity index (χ0v) is 13.5. The van der Waals surface area contributed by atoms with Gasteiger partial charge in [0.2, 0.25) is 5.91 Å². The Balaban J connectivity index is 1.81. The summed E-state index contributed by atoms with van der Waals surface area (Å²) < 4.78 is 0. The molecule has 0 spiro atoms. The van der Waals surface area contributed by atoms with Crippen LogP contribution >= 0.6 is 11.8 Å². The van der Waals surface area contributed by atoms with Crippen molar-refractivity contribution in [1.29, 1.82) is 0 Å². The van der Waals surface area contributed by atoms with Gasteiger partial charge in [-0.25, -0.2) is 0 Å². The van der Waals surface area contributed by atoms with Crippen molar-refractivity contribution in [2.45, 2.75) is 37.5 Å². The highest BCUT2D eigenvalue weighted by Gasteiger charge is 2.39. The molecule has 1 fully saturated rings. The molecular weight excluding hydrogens is 298 g/mol. The lowest BCUT2D eigenvalue weighted by Gasteiger charge is -2.31. The number of fused-ring (bicyclic) bond motifs is 1. The highest BCUT2D eigenvalue weighted by molar-refractivity contribution is 8.00. The van der Waals surface area contributed by atoms with Crippen molar-refractivity contribution in [3.05, 3.63) is 35.4 Å². The quantitative estimate of drug-likeness (QED) is 0.906. The van der Waals surface area contributed by atoms with Gasteiger partial charge in [-0.15, -0.1) is 11.8 Å². The van der Waals surface area contributed by atoms with E-state index in [-0.39, 0.29) is 17.2 Å². The number of carbonyl (C=O) groups is 2. The molecule has 1 amide bonds. The monoisotopic (exact) mass is 319 g/mol. The molecule has 4 nitrogen and oxygen atoms in total. The van der Waals surface area contributed by atoms with E-state index in [2.05, 4.69) is 6.07 Å². The molecule has 3 rings (SSSR count). The van der Waals surface area contributed by atoms with E-state index in [4.69, 9.17) is 5.11 Å². The van der Waals surface area contributed by atoms with Crippen LogP contribution in [0.5, 0.6) is 0 Å². The number of carboxylic acid groups (broad SMARTS) is 1. The Morgan fingerprint density at radius 2 is 2.09 bits per heavy atom. The smallest absolute Gasteiger partial charge is 0.308 e. The Kier molecular flexibility index (Phi) is 4.43. The maximum absolute atomic E-state index is 13.0. The average molecular weight is 319 g/mol. The summed E-state index contributed by atoms with van der Waals surface area (Å²) in [4.78, 5) is 26.0. The van der Waals surface area contributed by atoms with Crippen LogP contribution in [-0.2, 0) is 16.0 Å². The van der Waals surface area contributed by atoms with Crippen molar-refractivity contribution < 1.29 is 14.7 Å². The number of benzene rings is 1. The van der Waals surface area contributed by atoms with Gasteiger partial charge < -0.3 is 10.0 Å². The number of hydrogen-bond donors (Lipinski definition) is 1. The number of amides is 1. The van der Waals surface area contributed by atoms with Crippen molar-refractivity contribution in [2.75, 3.05) is 12.3 Å². The van der Waals surface area contributed by atoms with Gasteiger partial charge in [0.05, 0.1) is 5.92 Å². The van der Waals surface area contributed by atoms with Crippen LogP contribution in [0.2, 0.25) is 0 Å². The Hall–Kier alpha value is -1.49. The summed E-state index contributed by atoms with van der Waals surface area (Å²) in [5.74, 6) is -0.322. The van der Waals surface area contributed by atoms with Crippen molar-refractivity contribution in [1.82, 2.24) is 4.90 Å². The first-order valence-corrected chi connectivity index (χ1v) is 8.85. The molecule has 2 unspecified atom stereocenters. The minimum Gasteiger partial charge on any atom is -0.481 e. The Morgan fingerprint density at radius 1 is 1.36 bits per heavy atom. The van der Waals surface area contributed by atoms with Gasteiger partial charge in [-0.2, -0.15) is 0 Å². The third-order valence-electron chi connectivity index (χ3n) is 4.38. The Bertz CT molecular complexity index is 585. The zero-order valence-electron chi connectivity index (χ0n) is 12.7. The van der Waals surface area contributed by atoms with Gasteiger partial charge in [-0.1, -0.05) is 31.2 Å². The number of rotatable bonds is 5. The molecule has 1 heterocycles. The normalized spacial score (nSPS) is 21.8. The summed E-state index contributed by atoms with van der Waals surface area (Å²) in [6, 6.07) is 8.37. The summed E-state index contributed by atoms with van der Waals surface area (Å²) in [6.07, 6.45) is 2.99. The first-order valence-electron chi connectivity index (χ1n) is 7.80. The second-order valence-corrected chi connectivity index (χ2v) is 7.37. The van der Waals surface area contributed by atoms with E-state index in [0.29, 0.717) is 6.54 Å². The molecule has 1 aromatic carbocycles. The van der Waals surface area contributed by atoms with E-state index in [9.17, 15) is 9.59 Å². The van der Waals surface area contributed by atoms with Gasteiger partial charge in [0.1, 0.15) is 5.25 Å². The number of aliphatic carboxylic acids is 1. The molecule has 0 saturated heterocycles. The van der Waals surface area contributed by atoms with E-state index in [1.54, 1.807) is 18.7 Å². The lowest BCUT2D eigenvalue weighted by molar-refractivity contribution is -0.143. The molecule has 2 atom stereocenters. The average Bonchev–Trinajstić information content (AvgIpc) is 3.35. The van der Waals surface area contributed by atoms with Gasteiger partial charge in [0.15, 0.2) is 0 Å². The number of carbonyl (C=O) groups excluding carboxylic acids is 1. The highest BCUT2D eigenvalue weighted by Crippen LogP contribution is 2.40. The lowest BCUT2D eigenvalue weighted by Crippen LogP contribution is -2.41. The summed E-state index contributed by atoms with van der Waals surface area (Å²) in [5, 5.41) is 8.97. The van der Waals surface area contributed by atoms with Crippen LogP contribution in [0, 0.1) is 5.92 Å². The first-order chi connectivity index (χ1) is 10.6. The SMILES string of the molecule is CC(CN(C(=O)C1SCCc2ccccc21)C1CC1)C(=O)O. The maximum Gasteiger partial charge on any atom is 0.308 e. The van der Waals surface area contributed by atoms with E-state index in [1.807, 2.05) is 23.1 Å². The predicted molar refractivity (Wildman–Crippen MR) is 86.9 cm³/mol. The molecule has 0 radical (unpaired) electrons. The van der Waals surface area contributed by atoms with Crippen LogP contribution < -0.4 is 0 Å². The fourth-order valence-corrected chi connectivity index (χ4v) is 4.19. The molecule has 1 N–H and O–H groups in total. The van der Waals surface area contributed by atoms with Gasteiger partial charge in [0.25, 0.3) is 0 Å². The van der Waals surface area contributed by atoms with E-state index >= 15 is 0 Å². The third-order valence-corrected chi connectivity index (χ3v) is 5.61. The van der Waals surface area contributed by atoms with Crippen LogP contribution in [0.25, 0.3) is 0 Å². The molecule has 1 aromatic rings. The van der Waals surface area contributed by atoms with Gasteiger partial charge >= 0.3 is 5.97 Å². The minimum absolute atomic E-state index is 0.0905. The molecule has 1 aliphatic heterocycles. The summed E-state index contributed by atoms with van der Waals surface area (Å²) in [5.41, 5.74) is 2.36. The molecule has 5 heteroatoms. The molecule has 0 aromatic heterocycles. The van der Waals surface area contributed by atoms with Crippen molar-refractivity contribution in [2.24, 2.45) is 5.92 Å². The fourth-order valence-electron chi connectivity index (χ4n) is 2.93. The van der Waals surface area contributed by atoms with E-state index in [1.165, 1.54) is 5.56 Å². The predicted octanol–water partition coefficient (Wildman–Crippen LogP) is 2.73. The molecular formula is C17H21NO3S. The van der Waals surface area contributed by atoms with Crippen molar-refractivity contribution >= 4 is 23.6 Å². The van der Waals surface area contributed by atoms with E-state index < -0.39 is 11.9 Å². The van der Waals surface area contributed by atoms with Gasteiger partial charge in [0, 0.05) is 12.6 Å². The summed E-state index contributed by atoms with van der Waals surface area (Å²) in [6.45, 7) is 1.99.